The number of ketones is 1. The van der Waals surface area contributed by atoms with Gasteiger partial charge in [-0.3, -0.25) is 19.1 Å². The van der Waals surface area contributed by atoms with Crippen LogP contribution in [0.4, 0.5) is 4.39 Å². The molecular formula is C33H41FN4O6S. The van der Waals surface area contributed by atoms with Gasteiger partial charge in [0, 0.05) is 24.8 Å². The normalized spacial score (nSPS) is 30.2. The Kier molecular flexibility index (Phi) is 8.71. The van der Waals surface area contributed by atoms with Crippen molar-refractivity contribution in [2.24, 2.45) is 17.3 Å². The molecule has 45 heavy (non-hydrogen) atoms. The van der Waals surface area contributed by atoms with Crippen molar-refractivity contribution in [2.75, 3.05) is 6.54 Å². The highest BCUT2D eigenvalue weighted by atomic mass is 32.2. The molecule has 0 unspecified atom stereocenters. The van der Waals surface area contributed by atoms with Crippen molar-refractivity contribution >= 4 is 38.7 Å². The van der Waals surface area contributed by atoms with Crippen LogP contribution in [0.3, 0.4) is 0 Å². The number of allylic oxidation sites excluding steroid dienone is 2. The van der Waals surface area contributed by atoms with Crippen LogP contribution in [0.2, 0.25) is 0 Å². The first kappa shape index (κ1) is 31.6. The summed E-state index contributed by atoms with van der Waals surface area (Å²) >= 11 is 0. The third kappa shape index (κ3) is 6.62. The Morgan fingerprint density at radius 3 is 2.69 bits per heavy atom. The highest BCUT2D eigenvalue weighted by Gasteiger charge is 2.61. The van der Waals surface area contributed by atoms with E-state index < -0.39 is 44.6 Å². The zero-order chi connectivity index (χ0) is 31.9. The lowest BCUT2D eigenvalue weighted by atomic mass is 9.91. The molecule has 3 heterocycles. The standard InChI is InChI=1S/C33H41FN4O6S/c1-3-25-30(36-27-15-22(34)11-14-26(27)35-25)44-23-16-28-29(39)18-33(32(41)37-45(42,43)24-12-13-24)17-21(33)10-8-6-4-5-7-9-20(2)31(40)38(28)19-23/h8,10-11,14-15,20-21,23-24,28H,3-7,9,12-13,16-19H2,1-2H3,(H,37,41)/b10-8-/t20-,21+,23+,28-,33+/m0/s1. The lowest BCUT2D eigenvalue weighted by molar-refractivity contribution is -0.141. The zero-order valence-corrected chi connectivity index (χ0v) is 26.7. The summed E-state index contributed by atoms with van der Waals surface area (Å²) in [6, 6.07) is 3.34. The van der Waals surface area contributed by atoms with Gasteiger partial charge >= 0.3 is 0 Å². The predicted molar refractivity (Wildman–Crippen MR) is 165 cm³/mol. The van der Waals surface area contributed by atoms with Gasteiger partial charge in [-0.25, -0.2) is 22.8 Å². The van der Waals surface area contributed by atoms with E-state index in [9.17, 15) is 27.2 Å². The van der Waals surface area contributed by atoms with Crippen LogP contribution < -0.4 is 9.46 Å². The molecule has 1 saturated heterocycles. The number of nitrogens with one attached hydrogen (secondary N) is 1. The first-order valence-electron chi connectivity index (χ1n) is 16.2. The van der Waals surface area contributed by atoms with Crippen molar-refractivity contribution in [2.45, 2.75) is 102 Å². The van der Waals surface area contributed by atoms with E-state index in [0.29, 0.717) is 48.8 Å². The number of Topliss-reactive ketones (excluding diaryl/α,β-unsaturated/α-hetero) is 1. The molecule has 3 fully saturated rings. The van der Waals surface area contributed by atoms with Crippen LogP contribution in [0.5, 0.6) is 5.88 Å². The third-order valence-corrected chi connectivity index (χ3v) is 11.6. The molecule has 5 atom stereocenters. The quantitative estimate of drug-likeness (QED) is 0.459. The summed E-state index contributed by atoms with van der Waals surface area (Å²) in [5.41, 5.74) is 0.305. The summed E-state index contributed by atoms with van der Waals surface area (Å²) < 4.78 is 47.9. The summed E-state index contributed by atoms with van der Waals surface area (Å²) in [6.45, 7) is 3.95. The minimum atomic E-state index is -3.79. The molecule has 1 N–H and O–H groups in total. The predicted octanol–water partition coefficient (Wildman–Crippen LogP) is 4.41. The maximum atomic E-state index is 14.1. The van der Waals surface area contributed by atoms with E-state index in [2.05, 4.69) is 14.7 Å². The largest absolute Gasteiger partial charge is 0.471 e. The number of aryl methyl sites for hydroxylation is 1. The molecule has 4 aliphatic rings. The lowest BCUT2D eigenvalue weighted by Gasteiger charge is -2.27. The summed E-state index contributed by atoms with van der Waals surface area (Å²) in [7, 11) is -3.79. The number of fused-ring (bicyclic) bond motifs is 3. The molecule has 242 valence electrons. The number of ether oxygens (including phenoxy) is 1. The number of amides is 2. The van der Waals surface area contributed by atoms with Crippen LogP contribution in [-0.2, 0) is 30.8 Å². The number of hydrogen-bond donors (Lipinski definition) is 1. The molecular weight excluding hydrogens is 599 g/mol. The minimum Gasteiger partial charge on any atom is -0.471 e. The van der Waals surface area contributed by atoms with Crippen LogP contribution in [0.25, 0.3) is 11.0 Å². The second-order valence-corrected chi connectivity index (χ2v) is 15.2. The van der Waals surface area contributed by atoms with E-state index in [-0.39, 0.29) is 48.8 Å². The molecule has 0 spiro atoms. The highest BCUT2D eigenvalue weighted by molar-refractivity contribution is 7.90. The van der Waals surface area contributed by atoms with E-state index in [1.807, 2.05) is 26.0 Å². The summed E-state index contributed by atoms with van der Waals surface area (Å²) in [6.07, 6.45) is 9.66. The molecule has 2 amide bonds. The fourth-order valence-corrected chi connectivity index (χ4v) is 8.16. The van der Waals surface area contributed by atoms with E-state index in [4.69, 9.17) is 4.74 Å². The van der Waals surface area contributed by atoms with Crippen LogP contribution in [-0.4, -0.2) is 64.8 Å². The van der Waals surface area contributed by atoms with Crippen LogP contribution in [0.15, 0.2) is 30.4 Å². The van der Waals surface area contributed by atoms with Gasteiger partial charge in [0.2, 0.25) is 27.7 Å². The maximum Gasteiger partial charge on any atom is 0.240 e. The average Bonchev–Trinajstić information content (AvgIpc) is 3.92. The first-order valence-corrected chi connectivity index (χ1v) is 17.7. The first-order chi connectivity index (χ1) is 21.5. The van der Waals surface area contributed by atoms with Crippen molar-refractivity contribution in [3.8, 4) is 5.88 Å². The zero-order valence-electron chi connectivity index (χ0n) is 25.8. The Hall–Kier alpha value is -3.41. The van der Waals surface area contributed by atoms with Crippen molar-refractivity contribution in [3.05, 3.63) is 41.9 Å². The molecule has 12 heteroatoms. The molecule has 2 saturated carbocycles. The number of aromatic nitrogens is 2. The number of carbonyl (C=O) groups excluding carboxylic acids is 3. The van der Waals surface area contributed by atoms with Crippen molar-refractivity contribution in [3.63, 3.8) is 0 Å². The van der Waals surface area contributed by atoms with Gasteiger partial charge in [0.15, 0.2) is 5.78 Å². The number of carbonyl (C=O) groups is 3. The lowest BCUT2D eigenvalue weighted by Crippen LogP contribution is -2.46. The van der Waals surface area contributed by atoms with Crippen LogP contribution >= 0.6 is 0 Å². The Labute approximate surface area is 263 Å². The number of sulfonamides is 1. The summed E-state index contributed by atoms with van der Waals surface area (Å²) in [5, 5.41) is -0.561. The van der Waals surface area contributed by atoms with E-state index >= 15 is 0 Å². The monoisotopic (exact) mass is 640 g/mol. The van der Waals surface area contributed by atoms with Crippen LogP contribution in [0.1, 0.15) is 83.7 Å². The van der Waals surface area contributed by atoms with Crippen LogP contribution in [0, 0.1) is 23.1 Å². The van der Waals surface area contributed by atoms with Gasteiger partial charge in [-0.1, -0.05) is 38.8 Å². The number of rotatable bonds is 6. The van der Waals surface area contributed by atoms with Gasteiger partial charge in [-0.2, -0.15) is 0 Å². The third-order valence-electron chi connectivity index (χ3n) is 9.76. The summed E-state index contributed by atoms with van der Waals surface area (Å²) in [4.78, 5) is 52.2. The minimum absolute atomic E-state index is 0.142. The fraction of sp³-hybridized carbons (Fsp3) is 0.606. The molecule has 6 rings (SSSR count). The molecule has 2 aromatic rings. The van der Waals surface area contributed by atoms with Gasteiger partial charge in [-0.15, -0.1) is 0 Å². The van der Waals surface area contributed by atoms with Gasteiger partial charge in [-0.05, 0) is 63.0 Å². The molecule has 0 radical (unpaired) electrons. The van der Waals surface area contributed by atoms with Gasteiger partial charge in [0.05, 0.1) is 34.3 Å². The number of hydrogen-bond acceptors (Lipinski definition) is 8. The van der Waals surface area contributed by atoms with Crippen molar-refractivity contribution < 1.29 is 31.9 Å². The molecule has 10 nitrogen and oxygen atoms in total. The Morgan fingerprint density at radius 2 is 1.93 bits per heavy atom. The van der Waals surface area contributed by atoms with Gasteiger partial charge < -0.3 is 9.64 Å². The van der Waals surface area contributed by atoms with Crippen molar-refractivity contribution in [1.82, 2.24) is 19.6 Å². The topological polar surface area (TPSA) is 136 Å². The molecule has 2 aliphatic heterocycles. The molecule has 1 aromatic heterocycles. The number of benzene rings is 1. The second kappa shape index (κ2) is 12.4. The van der Waals surface area contributed by atoms with E-state index in [0.717, 1.165) is 25.7 Å². The second-order valence-electron chi connectivity index (χ2n) is 13.2. The average molecular weight is 641 g/mol. The number of halogens is 1. The van der Waals surface area contributed by atoms with E-state index in [1.54, 1.807) is 11.0 Å². The smallest absolute Gasteiger partial charge is 0.240 e. The Balaban J connectivity index is 1.28. The maximum absolute atomic E-state index is 14.1. The van der Waals surface area contributed by atoms with Gasteiger partial charge in [0.1, 0.15) is 17.6 Å². The number of nitrogens with zero attached hydrogens (tertiary/aromatic N) is 3. The summed E-state index contributed by atoms with van der Waals surface area (Å²) in [5.74, 6) is -1.82. The molecule has 1 aromatic carbocycles. The Morgan fingerprint density at radius 1 is 1.13 bits per heavy atom. The fourth-order valence-electron chi connectivity index (χ4n) is 6.77. The van der Waals surface area contributed by atoms with Crippen molar-refractivity contribution in [1.29, 1.82) is 0 Å². The molecule has 0 bridgehead atoms. The van der Waals surface area contributed by atoms with E-state index in [1.165, 1.54) is 12.1 Å². The SMILES string of the molecule is CCc1nc2ccc(F)cc2nc1O[C@@H]1C[C@H]2C(=O)C[C@]3(C(=O)NS(=O)(=O)C4CC4)C[C@H]3/C=C\CCCCC[C@H](C)C(=O)N2C1. The highest BCUT2D eigenvalue weighted by Crippen LogP contribution is 2.57. The molecule has 2 aliphatic carbocycles. The Bertz CT molecular complexity index is 1640. The van der Waals surface area contributed by atoms with Gasteiger partial charge in [0.25, 0.3) is 0 Å².